The molecular weight excluding hydrogens is 211 g/mol. The lowest BCUT2D eigenvalue weighted by molar-refractivity contribution is -0.307. The van der Waals surface area contributed by atoms with E-state index in [0.29, 0.717) is 19.4 Å². The molecule has 0 spiro atoms. The van der Waals surface area contributed by atoms with Crippen LogP contribution in [0.1, 0.15) is 12.8 Å². The van der Waals surface area contributed by atoms with E-state index in [1.807, 2.05) is 12.2 Å². The minimum absolute atomic E-state index is 0.349. The van der Waals surface area contributed by atoms with Crippen LogP contribution in [0.3, 0.4) is 0 Å². The lowest BCUT2D eigenvalue weighted by Gasteiger charge is -2.23. The third-order valence-corrected chi connectivity index (χ3v) is 2.19. The van der Waals surface area contributed by atoms with E-state index in [-0.39, 0.29) is 0 Å². The topological polar surface area (TPSA) is 29.5 Å². The average molecular weight is 223 g/mol. The summed E-state index contributed by atoms with van der Waals surface area (Å²) in [5, 5.41) is 0. The highest BCUT2D eigenvalue weighted by molar-refractivity contribution is 5.76. The summed E-state index contributed by atoms with van der Waals surface area (Å²) in [5.74, 6) is -1.23. The van der Waals surface area contributed by atoms with Gasteiger partial charge in [-0.05, 0) is 19.9 Å². The summed E-state index contributed by atoms with van der Waals surface area (Å²) in [6, 6.07) is -0.818. The number of rotatable bonds is 1. The van der Waals surface area contributed by atoms with E-state index in [1.54, 1.807) is 7.05 Å². The molecule has 15 heavy (non-hydrogen) atoms. The Morgan fingerprint density at radius 3 is 2.73 bits per heavy atom. The number of hydrogen-bond donors (Lipinski definition) is 0. The minimum atomic E-state index is -4.89. The number of carbonyl (C=O) groups excluding carboxylic acids is 1. The first-order valence-corrected chi connectivity index (χ1v) is 4.55. The second-order valence-electron chi connectivity index (χ2n) is 3.37. The predicted molar refractivity (Wildman–Crippen MR) is 46.9 cm³/mol. The molecular formula is C9H12F3NO2. The first-order valence-electron chi connectivity index (χ1n) is 4.55. The van der Waals surface area contributed by atoms with Gasteiger partial charge >= 0.3 is 12.3 Å². The number of allylic oxidation sites excluding steroid dienone is 1. The van der Waals surface area contributed by atoms with Crippen molar-refractivity contribution >= 4 is 5.97 Å². The van der Waals surface area contributed by atoms with Crippen molar-refractivity contribution in [1.29, 1.82) is 0 Å². The van der Waals surface area contributed by atoms with Crippen molar-refractivity contribution in [3.05, 3.63) is 12.2 Å². The molecule has 0 aliphatic carbocycles. The maximum Gasteiger partial charge on any atom is 0.575 e. The highest BCUT2D eigenvalue weighted by atomic mass is 19.4. The Balaban J connectivity index is 2.58. The molecule has 0 aromatic rings. The van der Waals surface area contributed by atoms with Gasteiger partial charge in [-0.15, -0.1) is 13.2 Å². The smallest absolute Gasteiger partial charge is 0.372 e. The zero-order valence-corrected chi connectivity index (χ0v) is 8.25. The molecule has 0 fully saturated rings. The predicted octanol–water partition coefficient (Wildman–Crippen LogP) is 1.70. The van der Waals surface area contributed by atoms with Crippen LogP contribution in [-0.2, 0) is 9.53 Å². The molecule has 0 bridgehead atoms. The molecule has 0 saturated heterocycles. The van der Waals surface area contributed by atoms with E-state index in [1.165, 1.54) is 4.90 Å². The summed E-state index contributed by atoms with van der Waals surface area (Å²) in [5.41, 5.74) is 0. The first-order chi connectivity index (χ1) is 6.90. The molecule has 0 radical (unpaired) electrons. The molecule has 1 rings (SSSR count). The summed E-state index contributed by atoms with van der Waals surface area (Å²) in [7, 11) is 1.60. The van der Waals surface area contributed by atoms with Crippen LogP contribution in [0, 0.1) is 0 Å². The van der Waals surface area contributed by atoms with E-state index >= 15 is 0 Å². The van der Waals surface area contributed by atoms with Crippen LogP contribution in [0.15, 0.2) is 12.2 Å². The van der Waals surface area contributed by atoms with Gasteiger partial charge in [0.05, 0.1) is 0 Å². The molecule has 3 nitrogen and oxygen atoms in total. The Labute approximate surface area is 85.5 Å². The zero-order chi connectivity index (χ0) is 11.5. The Hall–Kier alpha value is -1.04. The maximum absolute atomic E-state index is 11.8. The van der Waals surface area contributed by atoms with Crippen molar-refractivity contribution in [2.75, 3.05) is 13.6 Å². The highest BCUT2D eigenvalue weighted by Crippen LogP contribution is 2.20. The van der Waals surface area contributed by atoms with E-state index < -0.39 is 18.4 Å². The van der Waals surface area contributed by atoms with Gasteiger partial charge in [-0.2, -0.15) is 0 Å². The Kier molecular flexibility index (Phi) is 3.73. The number of nitrogens with zero attached hydrogens (tertiary/aromatic N) is 1. The average Bonchev–Trinajstić information content (AvgIpc) is 2.26. The normalized spacial score (nSPS) is 23.6. The van der Waals surface area contributed by atoms with Crippen LogP contribution in [-0.4, -0.2) is 36.9 Å². The van der Waals surface area contributed by atoms with E-state index in [0.717, 1.165) is 0 Å². The van der Waals surface area contributed by atoms with Crippen LogP contribution >= 0.6 is 0 Å². The van der Waals surface area contributed by atoms with Gasteiger partial charge in [0.15, 0.2) is 0 Å². The quantitative estimate of drug-likeness (QED) is 0.500. The van der Waals surface area contributed by atoms with Crippen LogP contribution < -0.4 is 0 Å². The molecule has 6 heteroatoms. The van der Waals surface area contributed by atoms with Gasteiger partial charge in [0, 0.05) is 6.54 Å². The molecule has 0 saturated carbocycles. The lowest BCUT2D eigenvalue weighted by Crippen LogP contribution is -2.41. The molecule has 86 valence electrons. The van der Waals surface area contributed by atoms with Gasteiger partial charge in [0.25, 0.3) is 0 Å². The minimum Gasteiger partial charge on any atom is -0.372 e. The van der Waals surface area contributed by atoms with Gasteiger partial charge in [-0.1, -0.05) is 12.2 Å². The van der Waals surface area contributed by atoms with Crippen molar-refractivity contribution in [3.8, 4) is 0 Å². The molecule has 0 aromatic heterocycles. The second-order valence-corrected chi connectivity index (χ2v) is 3.37. The van der Waals surface area contributed by atoms with Crippen molar-refractivity contribution in [1.82, 2.24) is 4.90 Å². The molecule has 0 aromatic carbocycles. The van der Waals surface area contributed by atoms with Crippen LogP contribution in [0.5, 0.6) is 0 Å². The first kappa shape index (κ1) is 12.0. The number of hydrogen-bond acceptors (Lipinski definition) is 3. The van der Waals surface area contributed by atoms with E-state index in [9.17, 15) is 18.0 Å². The summed E-state index contributed by atoms with van der Waals surface area (Å²) in [4.78, 5) is 12.7. The standard InChI is InChI=1S/C9H12F3NO2/c1-13-6-4-2-3-5-7(13)8(14)15-9(10,11)12/h2,4,7H,3,5-6H2,1H3. The number of carbonyl (C=O) groups is 1. The van der Waals surface area contributed by atoms with Crippen LogP contribution in [0.4, 0.5) is 13.2 Å². The number of ether oxygens (including phenoxy) is 1. The molecule has 1 heterocycles. The van der Waals surface area contributed by atoms with Gasteiger partial charge in [0.2, 0.25) is 0 Å². The number of esters is 1. The fourth-order valence-electron chi connectivity index (χ4n) is 1.44. The number of halogens is 3. The molecule has 0 N–H and O–H groups in total. The monoisotopic (exact) mass is 223 g/mol. The molecule has 1 atom stereocenters. The zero-order valence-electron chi connectivity index (χ0n) is 8.25. The van der Waals surface area contributed by atoms with Crippen LogP contribution in [0.25, 0.3) is 0 Å². The third kappa shape index (κ3) is 3.91. The third-order valence-electron chi connectivity index (χ3n) is 2.19. The summed E-state index contributed by atoms with van der Waals surface area (Å²) >= 11 is 0. The van der Waals surface area contributed by atoms with Crippen LogP contribution in [0.2, 0.25) is 0 Å². The van der Waals surface area contributed by atoms with Gasteiger partial charge in [0.1, 0.15) is 6.04 Å². The summed E-state index contributed by atoms with van der Waals surface area (Å²) in [6.07, 6.45) is -0.292. The Morgan fingerprint density at radius 2 is 2.13 bits per heavy atom. The lowest BCUT2D eigenvalue weighted by atomic mass is 10.1. The van der Waals surface area contributed by atoms with Gasteiger partial charge < -0.3 is 4.74 Å². The molecule has 0 amide bonds. The van der Waals surface area contributed by atoms with Crippen molar-refractivity contribution < 1.29 is 22.7 Å². The fourth-order valence-corrected chi connectivity index (χ4v) is 1.44. The molecule has 1 unspecified atom stereocenters. The molecule has 1 aliphatic rings. The van der Waals surface area contributed by atoms with Crippen molar-refractivity contribution in [2.45, 2.75) is 25.2 Å². The van der Waals surface area contributed by atoms with E-state index in [2.05, 4.69) is 4.74 Å². The maximum atomic E-state index is 11.8. The SMILES string of the molecule is CN1CC=CCCC1C(=O)OC(F)(F)F. The fraction of sp³-hybridized carbons (Fsp3) is 0.667. The Morgan fingerprint density at radius 1 is 1.47 bits per heavy atom. The summed E-state index contributed by atoms with van der Waals surface area (Å²) < 4.78 is 38.8. The number of alkyl halides is 3. The Bertz CT molecular complexity index is 263. The van der Waals surface area contributed by atoms with Gasteiger partial charge in [-0.3, -0.25) is 9.69 Å². The summed E-state index contributed by atoms with van der Waals surface area (Å²) in [6.45, 7) is 0.456. The highest BCUT2D eigenvalue weighted by Gasteiger charge is 2.37. The number of likely N-dealkylation sites (N-methyl/N-ethyl adjacent to an activating group) is 1. The molecule has 1 aliphatic heterocycles. The van der Waals surface area contributed by atoms with Crippen molar-refractivity contribution in [3.63, 3.8) is 0 Å². The largest absolute Gasteiger partial charge is 0.575 e. The van der Waals surface area contributed by atoms with E-state index in [4.69, 9.17) is 0 Å². The van der Waals surface area contributed by atoms with Crippen molar-refractivity contribution in [2.24, 2.45) is 0 Å². The van der Waals surface area contributed by atoms with Gasteiger partial charge in [-0.25, -0.2) is 0 Å². The second kappa shape index (κ2) is 4.65.